The highest BCUT2D eigenvalue weighted by molar-refractivity contribution is 5.88. The molecule has 1 rings (SSSR count). The summed E-state index contributed by atoms with van der Waals surface area (Å²) in [4.78, 5) is 10.7. The van der Waals surface area contributed by atoms with E-state index in [1.54, 1.807) is 0 Å². The summed E-state index contributed by atoms with van der Waals surface area (Å²) in [6.07, 6.45) is 3.41. The lowest BCUT2D eigenvalue weighted by atomic mass is 9.84. The lowest BCUT2D eigenvalue weighted by molar-refractivity contribution is -0.133. The van der Waals surface area contributed by atoms with Crippen LogP contribution in [0.4, 0.5) is 0 Å². The molecule has 0 aliphatic heterocycles. The molecular formula is C11H16O2. The van der Waals surface area contributed by atoms with Crippen LogP contribution in [0.5, 0.6) is 0 Å². The average Bonchev–Trinajstić information content (AvgIpc) is 2.85. The van der Waals surface area contributed by atoms with E-state index in [2.05, 4.69) is 30.4 Å². The van der Waals surface area contributed by atoms with Crippen molar-refractivity contribution in [2.24, 2.45) is 11.3 Å². The summed E-state index contributed by atoms with van der Waals surface area (Å²) in [6.45, 7) is 4.41. The maximum absolute atomic E-state index is 10.7. The molecule has 0 N–H and O–H groups in total. The zero-order chi connectivity index (χ0) is 9.90. The summed E-state index contributed by atoms with van der Waals surface area (Å²) in [5, 5.41) is 0. The highest BCUT2D eigenvalue weighted by atomic mass is 16.5. The predicted octanol–water partition coefficient (Wildman–Crippen LogP) is 1.99. The first-order chi connectivity index (χ1) is 6.06. The lowest BCUT2D eigenvalue weighted by Gasteiger charge is -2.20. The minimum Gasteiger partial charge on any atom is -0.459 e. The largest absolute Gasteiger partial charge is 0.459 e. The van der Waals surface area contributed by atoms with E-state index >= 15 is 0 Å². The molecule has 72 valence electrons. The fraction of sp³-hybridized carbons (Fsp3) is 0.727. The second kappa shape index (κ2) is 3.83. The number of carbonyl (C=O) groups excluding carboxylic acids is 1. The quantitative estimate of drug-likeness (QED) is 0.369. The Kier molecular flexibility index (Phi) is 2.98. The summed E-state index contributed by atoms with van der Waals surface area (Å²) < 4.78 is 4.43. The molecule has 1 saturated carbocycles. The van der Waals surface area contributed by atoms with Crippen LogP contribution < -0.4 is 0 Å². The van der Waals surface area contributed by atoms with Crippen molar-refractivity contribution in [3.8, 4) is 11.8 Å². The van der Waals surface area contributed by atoms with Gasteiger partial charge in [0.15, 0.2) is 0 Å². The van der Waals surface area contributed by atoms with Crippen LogP contribution >= 0.6 is 0 Å². The van der Waals surface area contributed by atoms with Gasteiger partial charge in [0.1, 0.15) is 0 Å². The molecule has 13 heavy (non-hydrogen) atoms. The van der Waals surface area contributed by atoms with E-state index in [9.17, 15) is 4.79 Å². The molecular weight excluding hydrogens is 164 g/mol. The summed E-state index contributed by atoms with van der Waals surface area (Å²) in [7, 11) is 1.35. The minimum absolute atomic E-state index is 0.265. The first-order valence-electron chi connectivity index (χ1n) is 4.63. The Hall–Kier alpha value is -0.970. The van der Waals surface area contributed by atoms with E-state index in [-0.39, 0.29) is 5.41 Å². The first kappa shape index (κ1) is 10.1. The number of hydrogen-bond donors (Lipinski definition) is 0. The molecule has 0 heterocycles. The fourth-order valence-corrected chi connectivity index (χ4v) is 1.40. The number of hydrogen-bond acceptors (Lipinski definition) is 2. The molecule has 0 unspecified atom stereocenters. The van der Waals surface area contributed by atoms with E-state index in [0.717, 1.165) is 12.3 Å². The van der Waals surface area contributed by atoms with E-state index in [0.29, 0.717) is 0 Å². The number of methoxy groups -OCH3 is 1. The van der Waals surface area contributed by atoms with Gasteiger partial charge in [-0.3, -0.25) is 0 Å². The highest BCUT2D eigenvalue weighted by Crippen LogP contribution is 2.46. The van der Waals surface area contributed by atoms with Crippen molar-refractivity contribution in [1.29, 1.82) is 0 Å². The molecule has 2 heteroatoms. The second-order valence-corrected chi connectivity index (χ2v) is 4.23. The number of esters is 1. The normalized spacial score (nSPS) is 15.9. The van der Waals surface area contributed by atoms with E-state index in [1.807, 2.05) is 0 Å². The van der Waals surface area contributed by atoms with Crippen molar-refractivity contribution < 1.29 is 9.53 Å². The van der Waals surface area contributed by atoms with Crippen LogP contribution in [0, 0.1) is 23.2 Å². The molecule has 0 atom stereocenters. The predicted molar refractivity (Wildman–Crippen MR) is 50.9 cm³/mol. The smallest absolute Gasteiger partial charge is 0.384 e. The molecule has 0 saturated heterocycles. The van der Waals surface area contributed by atoms with Crippen LogP contribution in [-0.2, 0) is 9.53 Å². The molecule has 0 aromatic rings. The number of carbonyl (C=O) groups is 1. The molecule has 0 radical (unpaired) electrons. The Morgan fingerprint density at radius 3 is 2.62 bits per heavy atom. The fourth-order valence-electron chi connectivity index (χ4n) is 1.40. The summed E-state index contributed by atoms with van der Waals surface area (Å²) in [5.41, 5.74) is 0.265. The van der Waals surface area contributed by atoms with Crippen LogP contribution in [0.2, 0.25) is 0 Å². The maximum Gasteiger partial charge on any atom is 0.384 e. The van der Waals surface area contributed by atoms with Crippen molar-refractivity contribution >= 4 is 5.97 Å². The third-order valence-corrected chi connectivity index (χ3v) is 2.60. The van der Waals surface area contributed by atoms with Gasteiger partial charge in [-0.2, -0.15) is 0 Å². The lowest BCUT2D eigenvalue weighted by Crippen LogP contribution is -2.12. The Morgan fingerprint density at radius 1 is 1.54 bits per heavy atom. The van der Waals surface area contributed by atoms with Gasteiger partial charge in [0.25, 0.3) is 0 Å². The second-order valence-electron chi connectivity index (χ2n) is 4.23. The van der Waals surface area contributed by atoms with Crippen LogP contribution in [0.15, 0.2) is 0 Å². The van der Waals surface area contributed by atoms with Gasteiger partial charge in [-0.25, -0.2) is 4.79 Å². The summed E-state index contributed by atoms with van der Waals surface area (Å²) >= 11 is 0. The Morgan fingerprint density at radius 2 is 2.15 bits per heavy atom. The number of rotatable bonds is 2. The first-order valence-corrected chi connectivity index (χ1v) is 4.63. The monoisotopic (exact) mass is 180 g/mol. The van der Waals surface area contributed by atoms with Gasteiger partial charge < -0.3 is 4.74 Å². The van der Waals surface area contributed by atoms with Crippen LogP contribution in [-0.4, -0.2) is 13.1 Å². The van der Waals surface area contributed by atoms with Crippen molar-refractivity contribution in [2.75, 3.05) is 7.11 Å². The summed E-state index contributed by atoms with van der Waals surface area (Å²) in [6, 6.07) is 0. The van der Waals surface area contributed by atoms with Gasteiger partial charge in [0.05, 0.1) is 7.11 Å². The molecule has 1 aliphatic carbocycles. The summed E-state index contributed by atoms with van der Waals surface area (Å²) in [5.74, 6) is 5.70. The molecule has 0 bridgehead atoms. The average molecular weight is 180 g/mol. The van der Waals surface area contributed by atoms with E-state index < -0.39 is 5.97 Å². The van der Waals surface area contributed by atoms with Crippen LogP contribution in [0.3, 0.4) is 0 Å². The molecule has 0 amide bonds. The Bertz CT molecular complexity index is 251. The zero-order valence-corrected chi connectivity index (χ0v) is 8.52. The zero-order valence-electron chi connectivity index (χ0n) is 8.52. The third kappa shape index (κ3) is 3.10. The minimum atomic E-state index is -0.438. The van der Waals surface area contributed by atoms with E-state index in [4.69, 9.17) is 0 Å². The van der Waals surface area contributed by atoms with Crippen molar-refractivity contribution in [3.63, 3.8) is 0 Å². The van der Waals surface area contributed by atoms with Crippen LogP contribution in [0.1, 0.15) is 33.1 Å². The van der Waals surface area contributed by atoms with Crippen LogP contribution in [0.25, 0.3) is 0 Å². The van der Waals surface area contributed by atoms with Gasteiger partial charge in [0, 0.05) is 12.3 Å². The molecule has 0 aromatic carbocycles. The third-order valence-electron chi connectivity index (χ3n) is 2.60. The topological polar surface area (TPSA) is 26.3 Å². The Labute approximate surface area is 79.7 Å². The SMILES string of the molecule is COC(=O)C#CCC(C)(C)C1CC1. The highest BCUT2D eigenvalue weighted by Gasteiger charge is 2.36. The van der Waals surface area contributed by atoms with E-state index in [1.165, 1.54) is 20.0 Å². The maximum atomic E-state index is 10.7. The van der Waals surface area contributed by atoms with Gasteiger partial charge in [-0.15, -0.1) is 0 Å². The number of ether oxygens (including phenoxy) is 1. The van der Waals surface area contributed by atoms with Gasteiger partial charge in [0.2, 0.25) is 0 Å². The van der Waals surface area contributed by atoms with Gasteiger partial charge in [-0.05, 0) is 24.2 Å². The molecule has 1 fully saturated rings. The standard InChI is InChI=1S/C11H16O2/c1-11(2,9-6-7-9)8-4-5-10(12)13-3/h9H,6-8H2,1-3H3. The Balaban J connectivity index is 2.38. The molecule has 0 aromatic heterocycles. The van der Waals surface area contributed by atoms with Crippen molar-refractivity contribution in [2.45, 2.75) is 33.1 Å². The molecule has 2 nitrogen and oxygen atoms in total. The van der Waals surface area contributed by atoms with Crippen molar-refractivity contribution in [3.05, 3.63) is 0 Å². The molecule has 0 spiro atoms. The molecule has 1 aliphatic rings. The van der Waals surface area contributed by atoms with Gasteiger partial charge in [-0.1, -0.05) is 19.8 Å². The van der Waals surface area contributed by atoms with Gasteiger partial charge >= 0.3 is 5.97 Å². The van der Waals surface area contributed by atoms with Crippen molar-refractivity contribution in [1.82, 2.24) is 0 Å².